The van der Waals surface area contributed by atoms with Crippen molar-refractivity contribution in [1.82, 2.24) is 10.3 Å². The number of carbonyl (C=O) groups is 1. The SMILES string of the molecule is CCN(CC)Cc1ccc(C(C)C(=O)NN)cc1. The first-order valence-corrected chi connectivity index (χ1v) is 6.44. The van der Waals surface area contributed by atoms with Gasteiger partial charge in [-0.3, -0.25) is 15.1 Å². The molecule has 1 amide bonds. The third kappa shape index (κ3) is 3.82. The summed E-state index contributed by atoms with van der Waals surface area (Å²) in [6, 6.07) is 8.15. The van der Waals surface area contributed by atoms with Gasteiger partial charge in [0.25, 0.3) is 0 Å². The topological polar surface area (TPSA) is 58.4 Å². The Bertz CT molecular complexity index is 371. The van der Waals surface area contributed by atoms with Crippen molar-refractivity contribution in [2.24, 2.45) is 5.84 Å². The number of carbonyl (C=O) groups excluding carboxylic acids is 1. The van der Waals surface area contributed by atoms with E-state index in [1.165, 1.54) is 5.56 Å². The highest BCUT2D eigenvalue weighted by atomic mass is 16.2. The molecule has 0 saturated heterocycles. The van der Waals surface area contributed by atoms with Gasteiger partial charge >= 0.3 is 0 Å². The number of hydrazine groups is 1. The van der Waals surface area contributed by atoms with Gasteiger partial charge in [0.15, 0.2) is 0 Å². The molecule has 1 aromatic rings. The molecule has 0 radical (unpaired) electrons. The van der Waals surface area contributed by atoms with Gasteiger partial charge in [-0.15, -0.1) is 0 Å². The van der Waals surface area contributed by atoms with Crippen LogP contribution in [-0.4, -0.2) is 23.9 Å². The molecule has 1 aromatic carbocycles. The number of nitrogens with zero attached hydrogens (tertiary/aromatic N) is 1. The first-order valence-electron chi connectivity index (χ1n) is 6.44. The molecule has 3 N–H and O–H groups in total. The van der Waals surface area contributed by atoms with Crippen LogP contribution < -0.4 is 11.3 Å². The third-order valence-electron chi connectivity index (χ3n) is 3.32. The van der Waals surface area contributed by atoms with E-state index in [-0.39, 0.29) is 11.8 Å². The van der Waals surface area contributed by atoms with Gasteiger partial charge in [-0.1, -0.05) is 38.1 Å². The first-order chi connectivity index (χ1) is 8.62. The summed E-state index contributed by atoms with van der Waals surface area (Å²) in [4.78, 5) is 13.8. The lowest BCUT2D eigenvalue weighted by Gasteiger charge is -2.18. The number of rotatable bonds is 6. The second-order valence-electron chi connectivity index (χ2n) is 4.43. The molecule has 0 fully saturated rings. The Morgan fingerprint density at radius 3 is 2.28 bits per heavy atom. The van der Waals surface area contributed by atoms with Crippen LogP contribution >= 0.6 is 0 Å². The van der Waals surface area contributed by atoms with E-state index in [0.29, 0.717) is 0 Å². The van der Waals surface area contributed by atoms with Crippen LogP contribution in [0.1, 0.15) is 37.8 Å². The summed E-state index contributed by atoms with van der Waals surface area (Å²) in [5, 5.41) is 0. The van der Waals surface area contributed by atoms with Crippen molar-refractivity contribution in [3.63, 3.8) is 0 Å². The van der Waals surface area contributed by atoms with Gasteiger partial charge < -0.3 is 0 Å². The second-order valence-corrected chi connectivity index (χ2v) is 4.43. The van der Waals surface area contributed by atoms with Crippen LogP contribution in [0.3, 0.4) is 0 Å². The average molecular weight is 249 g/mol. The summed E-state index contributed by atoms with van der Waals surface area (Å²) in [5.41, 5.74) is 4.43. The zero-order valence-corrected chi connectivity index (χ0v) is 11.4. The Morgan fingerprint density at radius 2 is 1.83 bits per heavy atom. The van der Waals surface area contributed by atoms with Crippen LogP contribution in [-0.2, 0) is 11.3 Å². The molecule has 4 heteroatoms. The molecule has 0 spiro atoms. The molecular weight excluding hydrogens is 226 g/mol. The maximum atomic E-state index is 11.4. The molecular formula is C14H23N3O. The minimum absolute atomic E-state index is 0.161. The summed E-state index contributed by atoms with van der Waals surface area (Å²) in [6.07, 6.45) is 0. The van der Waals surface area contributed by atoms with Crippen molar-refractivity contribution in [2.45, 2.75) is 33.2 Å². The Morgan fingerprint density at radius 1 is 1.28 bits per heavy atom. The minimum Gasteiger partial charge on any atom is -0.300 e. The van der Waals surface area contributed by atoms with E-state index in [4.69, 9.17) is 5.84 Å². The van der Waals surface area contributed by atoms with Crippen LogP contribution in [0, 0.1) is 0 Å². The Labute approximate surface area is 109 Å². The van der Waals surface area contributed by atoms with E-state index < -0.39 is 0 Å². The fourth-order valence-corrected chi connectivity index (χ4v) is 1.89. The molecule has 1 rings (SSSR count). The number of nitrogens with one attached hydrogen (secondary N) is 1. The summed E-state index contributed by atoms with van der Waals surface area (Å²) in [5.74, 6) is 4.76. The molecule has 0 aliphatic rings. The van der Waals surface area contributed by atoms with Gasteiger partial charge in [0.1, 0.15) is 0 Å². The lowest BCUT2D eigenvalue weighted by molar-refractivity contribution is -0.122. The molecule has 0 saturated carbocycles. The molecule has 1 unspecified atom stereocenters. The predicted octanol–water partition coefficient (Wildman–Crippen LogP) is 1.62. The van der Waals surface area contributed by atoms with E-state index in [0.717, 1.165) is 25.2 Å². The molecule has 0 aromatic heterocycles. The van der Waals surface area contributed by atoms with Crippen LogP contribution in [0.4, 0.5) is 0 Å². The maximum absolute atomic E-state index is 11.4. The van der Waals surface area contributed by atoms with Crippen LogP contribution in [0.5, 0.6) is 0 Å². The van der Waals surface area contributed by atoms with Gasteiger partial charge in [0, 0.05) is 6.54 Å². The fraction of sp³-hybridized carbons (Fsp3) is 0.500. The van der Waals surface area contributed by atoms with Crippen molar-refractivity contribution in [2.75, 3.05) is 13.1 Å². The third-order valence-corrected chi connectivity index (χ3v) is 3.32. The average Bonchev–Trinajstić information content (AvgIpc) is 2.43. The van der Waals surface area contributed by atoms with Crippen molar-refractivity contribution >= 4 is 5.91 Å². The second kappa shape index (κ2) is 7.13. The summed E-state index contributed by atoms with van der Waals surface area (Å²) in [7, 11) is 0. The summed E-state index contributed by atoms with van der Waals surface area (Å²) < 4.78 is 0. The number of hydrogen-bond donors (Lipinski definition) is 2. The summed E-state index contributed by atoms with van der Waals surface area (Å²) >= 11 is 0. The van der Waals surface area contributed by atoms with Gasteiger partial charge in [0.2, 0.25) is 5.91 Å². The quantitative estimate of drug-likeness (QED) is 0.457. The molecule has 18 heavy (non-hydrogen) atoms. The smallest absolute Gasteiger partial charge is 0.241 e. The lowest BCUT2D eigenvalue weighted by Crippen LogP contribution is -2.33. The maximum Gasteiger partial charge on any atom is 0.241 e. The monoisotopic (exact) mass is 249 g/mol. The van der Waals surface area contributed by atoms with Crippen molar-refractivity contribution in [3.8, 4) is 0 Å². The van der Waals surface area contributed by atoms with Gasteiger partial charge in [0.05, 0.1) is 5.92 Å². The molecule has 4 nitrogen and oxygen atoms in total. The van der Waals surface area contributed by atoms with Crippen molar-refractivity contribution in [3.05, 3.63) is 35.4 Å². The zero-order valence-electron chi connectivity index (χ0n) is 11.4. The highest BCUT2D eigenvalue weighted by Gasteiger charge is 2.13. The van der Waals surface area contributed by atoms with E-state index >= 15 is 0 Å². The number of hydrogen-bond acceptors (Lipinski definition) is 3. The Balaban J connectivity index is 2.70. The van der Waals surface area contributed by atoms with Crippen LogP contribution in [0.2, 0.25) is 0 Å². The molecule has 100 valence electrons. The van der Waals surface area contributed by atoms with E-state index in [2.05, 4.69) is 36.3 Å². The molecule has 0 aliphatic carbocycles. The van der Waals surface area contributed by atoms with E-state index in [9.17, 15) is 4.79 Å². The highest BCUT2D eigenvalue weighted by molar-refractivity contribution is 5.82. The standard InChI is InChI=1S/C14H23N3O/c1-4-17(5-2)10-12-6-8-13(9-7-12)11(3)14(18)16-15/h6-9,11H,4-5,10,15H2,1-3H3,(H,16,18). The first kappa shape index (κ1) is 14.7. The number of nitrogens with two attached hydrogens (primary N) is 1. The molecule has 1 atom stereocenters. The molecule has 0 heterocycles. The zero-order chi connectivity index (χ0) is 13.5. The lowest BCUT2D eigenvalue weighted by atomic mass is 9.99. The number of amides is 1. The van der Waals surface area contributed by atoms with Crippen molar-refractivity contribution < 1.29 is 4.79 Å². The van der Waals surface area contributed by atoms with Gasteiger partial charge in [-0.25, -0.2) is 5.84 Å². The largest absolute Gasteiger partial charge is 0.300 e. The van der Waals surface area contributed by atoms with Crippen LogP contribution in [0.25, 0.3) is 0 Å². The fourth-order valence-electron chi connectivity index (χ4n) is 1.89. The van der Waals surface area contributed by atoms with E-state index in [1.807, 2.05) is 19.1 Å². The number of benzene rings is 1. The Hall–Kier alpha value is -1.39. The van der Waals surface area contributed by atoms with Gasteiger partial charge in [-0.05, 0) is 31.1 Å². The molecule has 0 aliphatic heterocycles. The highest BCUT2D eigenvalue weighted by Crippen LogP contribution is 2.16. The van der Waals surface area contributed by atoms with E-state index in [1.54, 1.807) is 0 Å². The minimum atomic E-state index is -0.211. The van der Waals surface area contributed by atoms with Gasteiger partial charge in [-0.2, -0.15) is 0 Å². The Kier molecular flexibility index (Phi) is 5.82. The summed E-state index contributed by atoms with van der Waals surface area (Å²) in [6.45, 7) is 9.21. The molecule has 0 bridgehead atoms. The van der Waals surface area contributed by atoms with Crippen molar-refractivity contribution in [1.29, 1.82) is 0 Å². The van der Waals surface area contributed by atoms with Crippen LogP contribution in [0.15, 0.2) is 24.3 Å². The normalized spacial score (nSPS) is 12.5. The predicted molar refractivity (Wildman–Crippen MR) is 73.8 cm³/mol.